The molecule has 0 aliphatic carbocycles. The van der Waals surface area contributed by atoms with Gasteiger partial charge in [-0.3, -0.25) is 0 Å². The van der Waals surface area contributed by atoms with Gasteiger partial charge in [0, 0.05) is 11.8 Å². The molecular formula is C9H13N3O3S. The van der Waals surface area contributed by atoms with Crippen LogP contribution in [-0.4, -0.2) is 25.7 Å². The van der Waals surface area contributed by atoms with Gasteiger partial charge in [-0.2, -0.15) is 0 Å². The zero-order valence-electron chi connectivity index (χ0n) is 8.66. The molecule has 0 heterocycles. The van der Waals surface area contributed by atoms with E-state index in [1.165, 1.54) is 24.3 Å². The van der Waals surface area contributed by atoms with Crippen molar-refractivity contribution in [2.45, 2.75) is 5.37 Å². The number of hydrogen-bond acceptors (Lipinski definition) is 5. The maximum absolute atomic E-state index is 11.2. The third kappa shape index (κ3) is 2.71. The summed E-state index contributed by atoms with van der Waals surface area (Å²) in [4.78, 5) is 0. The molecule has 6 nitrogen and oxygen atoms in total. The lowest BCUT2D eigenvalue weighted by molar-refractivity contribution is 0.318. The summed E-state index contributed by atoms with van der Waals surface area (Å²) in [5.41, 5.74) is 11.8. The second-order valence-electron chi connectivity index (χ2n) is 3.36. The minimum Gasteiger partial charge on any atom is -0.409 e. The van der Waals surface area contributed by atoms with Crippen molar-refractivity contribution in [2.24, 2.45) is 16.6 Å². The largest absolute Gasteiger partial charge is 0.409 e. The fraction of sp³-hybridized carbons (Fsp3) is 0.222. The van der Waals surface area contributed by atoms with E-state index in [4.69, 9.17) is 16.7 Å². The summed E-state index contributed by atoms with van der Waals surface area (Å²) in [6, 6.07) is 6.13. The minimum absolute atomic E-state index is 0.0422. The number of rotatable bonds is 3. The van der Waals surface area contributed by atoms with Crippen LogP contribution in [0.4, 0.5) is 0 Å². The van der Waals surface area contributed by atoms with Crippen molar-refractivity contribution >= 4 is 15.7 Å². The van der Waals surface area contributed by atoms with Gasteiger partial charge in [0.2, 0.25) is 0 Å². The normalized spacial score (nSPS) is 14.8. The lowest BCUT2D eigenvalue weighted by atomic mass is 10.1. The van der Waals surface area contributed by atoms with Gasteiger partial charge < -0.3 is 16.7 Å². The SMILES string of the molecule is CS(=O)(=O)C(N)c1ccc(/C(N)=N\O)cc1. The van der Waals surface area contributed by atoms with Crippen LogP contribution in [0.5, 0.6) is 0 Å². The number of benzene rings is 1. The molecule has 0 bridgehead atoms. The Balaban J connectivity index is 3.05. The molecule has 0 spiro atoms. The third-order valence-electron chi connectivity index (χ3n) is 2.10. The van der Waals surface area contributed by atoms with Crippen LogP contribution in [0, 0.1) is 0 Å². The molecule has 1 aromatic carbocycles. The monoisotopic (exact) mass is 243 g/mol. The van der Waals surface area contributed by atoms with Gasteiger partial charge in [-0.15, -0.1) is 0 Å². The molecule has 0 saturated heterocycles. The lowest BCUT2D eigenvalue weighted by Gasteiger charge is -2.10. The second-order valence-corrected chi connectivity index (χ2v) is 5.52. The molecule has 0 amide bonds. The van der Waals surface area contributed by atoms with Gasteiger partial charge in [0.1, 0.15) is 5.37 Å². The van der Waals surface area contributed by atoms with E-state index in [1.807, 2.05) is 0 Å². The average Bonchev–Trinajstić information content (AvgIpc) is 2.26. The zero-order valence-corrected chi connectivity index (χ0v) is 9.48. The Morgan fingerprint density at radius 1 is 1.38 bits per heavy atom. The number of nitrogens with zero attached hydrogens (tertiary/aromatic N) is 1. The van der Waals surface area contributed by atoms with Crippen LogP contribution in [0.2, 0.25) is 0 Å². The standard InChI is InChI=1S/C9H13N3O3S/c1-16(14,15)9(11)7-4-2-6(3-5-7)8(10)12-13/h2-5,9,13H,11H2,1H3,(H2,10,12). The fourth-order valence-corrected chi connectivity index (χ4v) is 1.80. The first-order chi connectivity index (χ1) is 7.36. The molecule has 1 unspecified atom stereocenters. The highest BCUT2D eigenvalue weighted by molar-refractivity contribution is 7.90. The van der Waals surface area contributed by atoms with Crippen molar-refractivity contribution in [3.63, 3.8) is 0 Å². The van der Waals surface area contributed by atoms with Crippen LogP contribution < -0.4 is 11.5 Å². The highest BCUT2D eigenvalue weighted by Crippen LogP contribution is 2.16. The predicted octanol–water partition coefficient (Wildman–Crippen LogP) is -0.217. The smallest absolute Gasteiger partial charge is 0.170 e. The van der Waals surface area contributed by atoms with Crippen LogP contribution >= 0.6 is 0 Å². The summed E-state index contributed by atoms with van der Waals surface area (Å²) in [6.07, 6.45) is 1.06. The molecule has 0 aromatic heterocycles. The first-order valence-corrected chi connectivity index (χ1v) is 6.34. The first kappa shape index (κ1) is 12.5. The Labute approximate surface area is 93.5 Å². The van der Waals surface area contributed by atoms with Gasteiger partial charge in [-0.1, -0.05) is 29.4 Å². The summed E-state index contributed by atoms with van der Waals surface area (Å²) in [6.45, 7) is 0. The molecule has 1 atom stereocenters. The molecule has 1 aromatic rings. The fourth-order valence-electron chi connectivity index (χ4n) is 1.15. The molecule has 7 heteroatoms. The van der Waals surface area contributed by atoms with E-state index in [-0.39, 0.29) is 5.84 Å². The van der Waals surface area contributed by atoms with Crippen molar-refractivity contribution in [1.82, 2.24) is 0 Å². The van der Waals surface area contributed by atoms with E-state index in [1.54, 1.807) is 0 Å². The van der Waals surface area contributed by atoms with Crippen LogP contribution in [-0.2, 0) is 9.84 Å². The summed E-state index contributed by atoms with van der Waals surface area (Å²) in [5.74, 6) is -0.0422. The minimum atomic E-state index is -3.33. The van der Waals surface area contributed by atoms with Crippen molar-refractivity contribution < 1.29 is 13.6 Å². The van der Waals surface area contributed by atoms with E-state index in [2.05, 4.69) is 5.16 Å². The van der Waals surface area contributed by atoms with E-state index in [9.17, 15) is 8.42 Å². The van der Waals surface area contributed by atoms with Crippen molar-refractivity contribution in [3.05, 3.63) is 35.4 Å². The van der Waals surface area contributed by atoms with Crippen molar-refractivity contribution in [2.75, 3.05) is 6.26 Å². The maximum atomic E-state index is 11.2. The zero-order chi connectivity index (χ0) is 12.3. The van der Waals surface area contributed by atoms with Gasteiger partial charge in [0.15, 0.2) is 15.7 Å². The Hall–Kier alpha value is -1.60. The number of oxime groups is 1. The number of amidine groups is 1. The number of sulfone groups is 1. The Kier molecular flexibility index (Phi) is 3.51. The van der Waals surface area contributed by atoms with Crippen LogP contribution in [0.3, 0.4) is 0 Å². The molecule has 0 radical (unpaired) electrons. The molecule has 0 fully saturated rings. The Bertz CT molecular complexity index is 493. The van der Waals surface area contributed by atoms with Crippen molar-refractivity contribution in [3.8, 4) is 0 Å². The van der Waals surface area contributed by atoms with E-state index < -0.39 is 15.2 Å². The molecule has 0 aliphatic heterocycles. The maximum Gasteiger partial charge on any atom is 0.170 e. The number of hydrogen-bond donors (Lipinski definition) is 3. The van der Waals surface area contributed by atoms with Gasteiger partial charge in [0.05, 0.1) is 0 Å². The lowest BCUT2D eigenvalue weighted by Crippen LogP contribution is -2.20. The highest BCUT2D eigenvalue weighted by Gasteiger charge is 2.17. The van der Waals surface area contributed by atoms with Gasteiger partial charge in [-0.05, 0) is 5.56 Å². The molecule has 0 saturated carbocycles. The Morgan fingerprint density at radius 2 is 1.88 bits per heavy atom. The summed E-state index contributed by atoms with van der Waals surface area (Å²) < 4.78 is 22.4. The van der Waals surface area contributed by atoms with Crippen LogP contribution in [0.1, 0.15) is 16.5 Å². The molecule has 88 valence electrons. The molecular weight excluding hydrogens is 230 g/mol. The Morgan fingerprint density at radius 3 is 2.25 bits per heavy atom. The highest BCUT2D eigenvalue weighted by atomic mass is 32.2. The summed E-state index contributed by atoms with van der Waals surface area (Å²) >= 11 is 0. The van der Waals surface area contributed by atoms with E-state index in [0.717, 1.165) is 6.26 Å². The quantitative estimate of drug-likeness (QED) is 0.293. The topological polar surface area (TPSA) is 119 Å². The third-order valence-corrected chi connectivity index (χ3v) is 3.30. The summed E-state index contributed by atoms with van der Waals surface area (Å²) in [7, 11) is -3.33. The van der Waals surface area contributed by atoms with Crippen molar-refractivity contribution in [1.29, 1.82) is 0 Å². The molecule has 1 rings (SSSR count). The van der Waals surface area contributed by atoms with Gasteiger partial charge in [0.25, 0.3) is 0 Å². The van der Waals surface area contributed by atoms with Gasteiger partial charge >= 0.3 is 0 Å². The second kappa shape index (κ2) is 4.50. The molecule has 0 aliphatic rings. The van der Waals surface area contributed by atoms with Crippen LogP contribution in [0.15, 0.2) is 29.4 Å². The van der Waals surface area contributed by atoms with Crippen LogP contribution in [0.25, 0.3) is 0 Å². The molecule has 5 N–H and O–H groups in total. The summed E-state index contributed by atoms with van der Waals surface area (Å²) in [5, 5.41) is 10.2. The predicted molar refractivity (Wildman–Crippen MR) is 60.7 cm³/mol. The molecule has 16 heavy (non-hydrogen) atoms. The average molecular weight is 243 g/mol. The first-order valence-electron chi connectivity index (χ1n) is 4.38. The van der Waals surface area contributed by atoms with Gasteiger partial charge in [-0.25, -0.2) is 8.42 Å². The van der Waals surface area contributed by atoms with E-state index in [0.29, 0.717) is 11.1 Å². The van der Waals surface area contributed by atoms with E-state index >= 15 is 0 Å². The number of nitrogens with two attached hydrogens (primary N) is 2.